The fourth-order valence-corrected chi connectivity index (χ4v) is 4.93. The first kappa shape index (κ1) is 21.6. The van der Waals surface area contributed by atoms with Crippen LogP contribution in [0.5, 0.6) is 5.75 Å². The van der Waals surface area contributed by atoms with Crippen LogP contribution in [-0.2, 0) is 14.4 Å². The van der Waals surface area contributed by atoms with Gasteiger partial charge in [0.2, 0.25) is 11.8 Å². The minimum atomic E-state index is -0.819. The van der Waals surface area contributed by atoms with Gasteiger partial charge in [0.1, 0.15) is 12.0 Å². The number of nitrogens with one attached hydrogen (secondary N) is 1. The second-order valence-electron chi connectivity index (χ2n) is 8.92. The lowest BCUT2D eigenvalue weighted by molar-refractivity contribution is -0.142. The quantitative estimate of drug-likeness (QED) is 0.657. The van der Waals surface area contributed by atoms with E-state index in [1.807, 2.05) is 24.3 Å². The third-order valence-electron chi connectivity index (χ3n) is 6.81. The van der Waals surface area contributed by atoms with E-state index in [9.17, 15) is 19.5 Å². The highest BCUT2D eigenvalue weighted by atomic mass is 16.5. The van der Waals surface area contributed by atoms with Crippen molar-refractivity contribution >= 4 is 17.8 Å². The zero-order valence-corrected chi connectivity index (χ0v) is 17.5. The fraction of sp³-hybridized carbons (Fsp3) is 0.609. The zero-order valence-electron chi connectivity index (χ0n) is 17.5. The van der Waals surface area contributed by atoms with Gasteiger partial charge in [0.05, 0.1) is 17.9 Å². The molecule has 1 aromatic rings. The third-order valence-corrected chi connectivity index (χ3v) is 6.81. The second kappa shape index (κ2) is 9.26. The molecule has 1 saturated carbocycles. The van der Waals surface area contributed by atoms with Crippen molar-refractivity contribution in [2.75, 3.05) is 13.1 Å². The number of hydrogen-bond donors (Lipinski definition) is 3. The smallest absolute Gasteiger partial charge is 0.308 e. The Morgan fingerprint density at radius 2 is 1.68 bits per heavy atom. The molecule has 2 amide bonds. The third kappa shape index (κ3) is 5.01. The number of amides is 2. The summed E-state index contributed by atoms with van der Waals surface area (Å²) in [6, 6.07) is 7.56. The number of carboxylic acids is 1. The molecule has 8 heteroatoms. The van der Waals surface area contributed by atoms with Crippen molar-refractivity contribution in [3.05, 3.63) is 29.8 Å². The molecule has 3 aliphatic rings. The van der Waals surface area contributed by atoms with Crippen LogP contribution in [0.2, 0.25) is 0 Å². The maximum absolute atomic E-state index is 12.7. The fourth-order valence-electron chi connectivity index (χ4n) is 4.93. The number of carbonyl (C=O) groups excluding carboxylic acids is 2. The molecular formula is C23H30N2O6. The standard InChI is InChI=1S/C23H30N2O6/c26-20-10-9-19(21(27)24-20)14-1-5-17(6-2-14)31-18-7-3-15(4-8-18)22(28)25-12-11-16(13-25)23(29)30/h1-2,5-6,15-16,18-20,26H,3-4,7-13H2,(H,24,27)(H,29,30)/t15-,16-,18-,19?,20?/m1/s1. The minimum absolute atomic E-state index is 0.0464. The molecular weight excluding hydrogens is 400 g/mol. The van der Waals surface area contributed by atoms with Gasteiger partial charge in [-0.05, 0) is 62.6 Å². The number of likely N-dealkylation sites (tertiary alicyclic amines) is 1. The predicted molar refractivity (Wildman–Crippen MR) is 111 cm³/mol. The highest BCUT2D eigenvalue weighted by Gasteiger charge is 2.36. The molecule has 168 valence electrons. The van der Waals surface area contributed by atoms with E-state index in [1.165, 1.54) is 0 Å². The molecule has 2 heterocycles. The molecule has 3 N–H and O–H groups in total. The lowest BCUT2D eigenvalue weighted by Crippen LogP contribution is -2.42. The number of rotatable bonds is 5. The van der Waals surface area contributed by atoms with Crippen molar-refractivity contribution in [2.45, 2.75) is 63.2 Å². The molecule has 4 rings (SSSR count). The van der Waals surface area contributed by atoms with Crippen LogP contribution in [-0.4, -0.2) is 58.3 Å². The summed E-state index contributed by atoms with van der Waals surface area (Å²) in [5, 5.41) is 21.2. The molecule has 0 aromatic heterocycles. The van der Waals surface area contributed by atoms with Crippen LogP contribution in [0, 0.1) is 11.8 Å². The number of nitrogens with zero attached hydrogens (tertiary/aromatic N) is 1. The van der Waals surface area contributed by atoms with Crippen LogP contribution in [0.1, 0.15) is 56.4 Å². The molecule has 1 aromatic carbocycles. The Kier molecular flexibility index (Phi) is 6.46. The molecule has 31 heavy (non-hydrogen) atoms. The van der Waals surface area contributed by atoms with E-state index < -0.39 is 18.1 Å². The Bertz CT molecular complexity index is 818. The van der Waals surface area contributed by atoms with E-state index >= 15 is 0 Å². The first-order valence-corrected chi connectivity index (χ1v) is 11.2. The lowest BCUT2D eigenvalue weighted by atomic mass is 9.86. The number of aliphatic carboxylic acids is 1. The van der Waals surface area contributed by atoms with Crippen LogP contribution in [0.15, 0.2) is 24.3 Å². The molecule has 3 atom stereocenters. The normalized spacial score (nSPS) is 31.2. The lowest BCUT2D eigenvalue weighted by Gasteiger charge is -2.31. The summed E-state index contributed by atoms with van der Waals surface area (Å²) >= 11 is 0. The Morgan fingerprint density at radius 3 is 2.29 bits per heavy atom. The molecule has 2 saturated heterocycles. The zero-order chi connectivity index (χ0) is 22.0. The summed E-state index contributed by atoms with van der Waals surface area (Å²) in [6.45, 7) is 0.867. The van der Waals surface area contributed by atoms with Crippen molar-refractivity contribution in [3.8, 4) is 5.75 Å². The Labute approximate surface area is 181 Å². The van der Waals surface area contributed by atoms with Gasteiger partial charge < -0.3 is 25.2 Å². The molecule has 2 unspecified atom stereocenters. The Balaban J connectivity index is 1.25. The predicted octanol–water partition coefficient (Wildman–Crippen LogP) is 1.87. The molecule has 8 nitrogen and oxygen atoms in total. The first-order chi connectivity index (χ1) is 14.9. The summed E-state index contributed by atoms with van der Waals surface area (Å²) in [5.74, 6) is -0.860. The highest BCUT2D eigenvalue weighted by Crippen LogP contribution is 2.32. The number of benzene rings is 1. The maximum atomic E-state index is 12.7. The summed E-state index contributed by atoms with van der Waals surface area (Å²) in [5.41, 5.74) is 0.913. The van der Waals surface area contributed by atoms with Crippen LogP contribution >= 0.6 is 0 Å². The molecule has 3 fully saturated rings. The van der Waals surface area contributed by atoms with E-state index in [4.69, 9.17) is 9.84 Å². The molecule has 0 bridgehead atoms. The average molecular weight is 431 g/mol. The first-order valence-electron chi connectivity index (χ1n) is 11.2. The summed E-state index contributed by atoms with van der Waals surface area (Å²) in [7, 11) is 0. The van der Waals surface area contributed by atoms with Gasteiger partial charge in [-0.25, -0.2) is 0 Å². The van der Waals surface area contributed by atoms with E-state index in [1.54, 1.807) is 4.90 Å². The van der Waals surface area contributed by atoms with Crippen molar-refractivity contribution in [3.63, 3.8) is 0 Å². The summed E-state index contributed by atoms with van der Waals surface area (Å²) < 4.78 is 6.10. The van der Waals surface area contributed by atoms with Crippen LogP contribution in [0.4, 0.5) is 0 Å². The van der Waals surface area contributed by atoms with Gasteiger partial charge in [-0.3, -0.25) is 14.4 Å². The van der Waals surface area contributed by atoms with Crippen LogP contribution in [0.3, 0.4) is 0 Å². The maximum Gasteiger partial charge on any atom is 0.308 e. The van der Waals surface area contributed by atoms with E-state index in [-0.39, 0.29) is 29.8 Å². The average Bonchev–Trinajstić information content (AvgIpc) is 3.25. The van der Waals surface area contributed by atoms with Gasteiger partial charge in [0.25, 0.3) is 0 Å². The number of carboxylic acid groups (broad SMARTS) is 1. The van der Waals surface area contributed by atoms with Crippen LogP contribution in [0.25, 0.3) is 0 Å². The number of piperidine rings is 1. The SMILES string of the molecule is O=C1NC(O)CCC1c1ccc(O[C@H]2CC[C@H](C(=O)N3CC[C@@H](C(=O)O)C3)CC2)cc1. The number of hydrogen-bond acceptors (Lipinski definition) is 5. The van der Waals surface area contributed by atoms with Crippen molar-refractivity contribution in [1.82, 2.24) is 10.2 Å². The van der Waals surface area contributed by atoms with Gasteiger partial charge in [0, 0.05) is 19.0 Å². The second-order valence-corrected chi connectivity index (χ2v) is 8.92. The minimum Gasteiger partial charge on any atom is -0.490 e. The Hall–Kier alpha value is -2.61. The summed E-state index contributed by atoms with van der Waals surface area (Å²) in [4.78, 5) is 37.6. The van der Waals surface area contributed by atoms with Crippen molar-refractivity contribution < 1.29 is 29.3 Å². The number of carbonyl (C=O) groups is 3. The number of aliphatic hydroxyl groups is 1. The topological polar surface area (TPSA) is 116 Å². The summed E-state index contributed by atoms with van der Waals surface area (Å²) in [6.07, 6.45) is 4.08. The highest BCUT2D eigenvalue weighted by molar-refractivity contribution is 5.84. The van der Waals surface area contributed by atoms with Crippen LogP contribution < -0.4 is 10.1 Å². The molecule has 0 spiro atoms. The van der Waals surface area contributed by atoms with Gasteiger partial charge in [-0.15, -0.1) is 0 Å². The van der Waals surface area contributed by atoms with Crippen molar-refractivity contribution in [1.29, 1.82) is 0 Å². The largest absolute Gasteiger partial charge is 0.490 e. The molecule has 1 aliphatic carbocycles. The van der Waals surface area contributed by atoms with E-state index in [0.29, 0.717) is 32.4 Å². The van der Waals surface area contributed by atoms with Gasteiger partial charge in [-0.1, -0.05) is 12.1 Å². The Morgan fingerprint density at radius 1 is 0.968 bits per heavy atom. The number of aliphatic hydroxyl groups excluding tert-OH is 1. The molecule has 0 radical (unpaired) electrons. The van der Waals surface area contributed by atoms with Gasteiger partial charge in [0.15, 0.2) is 0 Å². The van der Waals surface area contributed by atoms with E-state index in [0.717, 1.165) is 37.0 Å². The molecule has 2 aliphatic heterocycles. The monoisotopic (exact) mass is 430 g/mol. The van der Waals surface area contributed by atoms with E-state index in [2.05, 4.69) is 5.32 Å². The number of ether oxygens (including phenoxy) is 1. The van der Waals surface area contributed by atoms with Gasteiger partial charge >= 0.3 is 5.97 Å². The van der Waals surface area contributed by atoms with Crippen molar-refractivity contribution in [2.24, 2.45) is 11.8 Å². The van der Waals surface area contributed by atoms with Gasteiger partial charge in [-0.2, -0.15) is 0 Å².